The van der Waals surface area contributed by atoms with Crippen LogP contribution in [-0.4, -0.2) is 18.2 Å². The molecule has 0 spiro atoms. The third kappa shape index (κ3) is 3.26. The lowest BCUT2D eigenvalue weighted by molar-refractivity contribution is 0.297. The second kappa shape index (κ2) is 6.56. The molecule has 0 saturated heterocycles. The van der Waals surface area contributed by atoms with E-state index in [1.165, 1.54) is 11.8 Å². The van der Waals surface area contributed by atoms with Crippen molar-refractivity contribution in [3.05, 3.63) is 41.0 Å². The molecule has 1 aromatic carbocycles. The van der Waals surface area contributed by atoms with Gasteiger partial charge >= 0.3 is 0 Å². The number of hydrogen-bond donors (Lipinski definition) is 1. The van der Waals surface area contributed by atoms with Crippen LogP contribution >= 0.6 is 23.4 Å². The molecule has 1 aromatic heterocycles. The minimum atomic E-state index is 0.399. The van der Waals surface area contributed by atoms with Gasteiger partial charge in [-0.1, -0.05) is 23.4 Å². The molecule has 0 saturated carbocycles. The van der Waals surface area contributed by atoms with Crippen LogP contribution in [0.1, 0.15) is 12.0 Å². The summed E-state index contributed by atoms with van der Waals surface area (Å²) in [6, 6.07) is 7.69. The predicted octanol–water partition coefficient (Wildman–Crippen LogP) is 3.51. The summed E-state index contributed by atoms with van der Waals surface area (Å²) in [4.78, 5) is 5.32. The van der Waals surface area contributed by atoms with Gasteiger partial charge in [-0.15, -0.1) is 0 Å². The van der Waals surface area contributed by atoms with Gasteiger partial charge < -0.3 is 15.2 Å². The van der Waals surface area contributed by atoms with Crippen molar-refractivity contribution in [2.75, 3.05) is 13.2 Å². The molecule has 1 aliphatic heterocycles. The summed E-state index contributed by atoms with van der Waals surface area (Å²) in [6.45, 7) is 1.75. The van der Waals surface area contributed by atoms with Crippen molar-refractivity contribution in [1.82, 2.24) is 4.98 Å². The van der Waals surface area contributed by atoms with Crippen molar-refractivity contribution in [2.24, 2.45) is 5.73 Å². The normalized spacial score (nSPS) is 13.8. The third-order valence-electron chi connectivity index (χ3n) is 3.09. The summed E-state index contributed by atoms with van der Waals surface area (Å²) in [5, 5.41) is 1.35. The fourth-order valence-electron chi connectivity index (χ4n) is 2.01. The van der Waals surface area contributed by atoms with E-state index in [1.807, 2.05) is 24.3 Å². The van der Waals surface area contributed by atoms with Crippen molar-refractivity contribution in [3.8, 4) is 11.5 Å². The third-order valence-corrected chi connectivity index (χ3v) is 4.62. The van der Waals surface area contributed by atoms with E-state index in [9.17, 15) is 0 Å². The van der Waals surface area contributed by atoms with Gasteiger partial charge in [0.1, 0.15) is 5.03 Å². The van der Waals surface area contributed by atoms with E-state index in [0.29, 0.717) is 24.8 Å². The van der Waals surface area contributed by atoms with Crippen LogP contribution in [0.25, 0.3) is 0 Å². The van der Waals surface area contributed by atoms with Gasteiger partial charge in [0.2, 0.25) is 0 Å². The van der Waals surface area contributed by atoms with Gasteiger partial charge in [-0.25, -0.2) is 4.98 Å². The number of hydrogen-bond acceptors (Lipinski definition) is 5. The number of ether oxygens (including phenoxy) is 2. The first-order valence-corrected chi connectivity index (χ1v) is 7.88. The zero-order chi connectivity index (χ0) is 14.7. The minimum Gasteiger partial charge on any atom is -0.490 e. The zero-order valence-electron chi connectivity index (χ0n) is 11.3. The van der Waals surface area contributed by atoms with Gasteiger partial charge in [0, 0.05) is 24.1 Å². The second-order valence-corrected chi connectivity index (χ2v) is 5.99. The standard InChI is InChI=1S/C15H15ClN2O2S/c16-14-10(9-17)4-5-18-15(14)21-11-2-3-12-13(8-11)20-7-1-6-19-12/h2-5,8H,1,6-7,9,17H2. The van der Waals surface area contributed by atoms with Crippen LogP contribution in [-0.2, 0) is 6.54 Å². The molecular formula is C15H15ClN2O2S. The largest absolute Gasteiger partial charge is 0.490 e. The topological polar surface area (TPSA) is 57.4 Å². The molecule has 4 nitrogen and oxygen atoms in total. The highest BCUT2D eigenvalue weighted by molar-refractivity contribution is 7.99. The maximum absolute atomic E-state index is 6.31. The number of fused-ring (bicyclic) bond motifs is 1. The average Bonchev–Trinajstić information content (AvgIpc) is 2.74. The lowest BCUT2D eigenvalue weighted by Crippen LogP contribution is -1.98. The van der Waals surface area contributed by atoms with Crippen molar-refractivity contribution in [2.45, 2.75) is 22.9 Å². The molecule has 21 heavy (non-hydrogen) atoms. The Morgan fingerprint density at radius 3 is 2.81 bits per heavy atom. The van der Waals surface area contributed by atoms with Crippen LogP contribution in [0.5, 0.6) is 11.5 Å². The first-order valence-electron chi connectivity index (χ1n) is 6.69. The molecule has 0 fully saturated rings. The maximum atomic E-state index is 6.31. The Kier molecular flexibility index (Phi) is 4.53. The number of nitrogens with two attached hydrogens (primary N) is 1. The molecule has 2 N–H and O–H groups in total. The van der Waals surface area contributed by atoms with Crippen molar-refractivity contribution in [3.63, 3.8) is 0 Å². The highest BCUT2D eigenvalue weighted by atomic mass is 35.5. The van der Waals surface area contributed by atoms with Gasteiger partial charge in [-0.3, -0.25) is 0 Å². The summed E-state index contributed by atoms with van der Waals surface area (Å²) in [5.41, 5.74) is 6.56. The van der Waals surface area contributed by atoms with E-state index in [0.717, 1.165) is 33.4 Å². The lowest BCUT2D eigenvalue weighted by Gasteiger charge is -2.10. The second-order valence-electron chi connectivity index (χ2n) is 4.55. The zero-order valence-corrected chi connectivity index (χ0v) is 12.9. The van der Waals surface area contributed by atoms with Crippen LogP contribution in [0.3, 0.4) is 0 Å². The number of nitrogens with zero attached hydrogens (tertiary/aromatic N) is 1. The summed E-state index contributed by atoms with van der Waals surface area (Å²) in [5.74, 6) is 1.55. The molecule has 110 valence electrons. The van der Waals surface area contributed by atoms with E-state index >= 15 is 0 Å². The summed E-state index contributed by atoms with van der Waals surface area (Å²) in [6.07, 6.45) is 2.61. The molecular weight excluding hydrogens is 308 g/mol. The first-order chi connectivity index (χ1) is 10.3. The fourth-order valence-corrected chi connectivity index (χ4v) is 3.17. The monoisotopic (exact) mass is 322 g/mol. The highest BCUT2D eigenvalue weighted by Gasteiger charge is 2.13. The van der Waals surface area contributed by atoms with E-state index in [2.05, 4.69) is 4.98 Å². The molecule has 0 aliphatic carbocycles. The number of rotatable bonds is 3. The number of pyridine rings is 1. The Balaban J connectivity index is 1.87. The van der Waals surface area contributed by atoms with Crippen LogP contribution in [0.15, 0.2) is 40.4 Å². The van der Waals surface area contributed by atoms with Crippen molar-refractivity contribution in [1.29, 1.82) is 0 Å². The smallest absolute Gasteiger partial charge is 0.162 e. The van der Waals surface area contributed by atoms with Gasteiger partial charge in [0.25, 0.3) is 0 Å². The molecule has 0 bridgehead atoms. The number of halogens is 1. The van der Waals surface area contributed by atoms with Gasteiger partial charge in [0.15, 0.2) is 11.5 Å². The summed E-state index contributed by atoms with van der Waals surface area (Å²) in [7, 11) is 0. The van der Waals surface area contributed by atoms with E-state index < -0.39 is 0 Å². The van der Waals surface area contributed by atoms with Gasteiger partial charge in [0.05, 0.1) is 18.2 Å². The first kappa shape index (κ1) is 14.5. The van der Waals surface area contributed by atoms with Crippen molar-refractivity contribution < 1.29 is 9.47 Å². The Bertz CT molecular complexity index is 652. The Labute approximate surface area is 132 Å². The molecule has 0 amide bonds. The van der Waals surface area contributed by atoms with E-state index in [1.54, 1.807) is 6.20 Å². The van der Waals surface area contributed by atoms with Crippen LogP contribution in [0, 0.1) is 0 Å². The van der Waals surface area contributed by atoms with Gasteiger partial charge in [-0.2, -0.15) is 0 Å². The number of benzene rings is 1. The van der Waals surface area contributed by atoms with E-state index in [4.69, 9.17) is 26.8 Å². The SMILES string of the molecule is NCc1ccnc(Sc2ccc3c(c2)OCCCO3)c1Cl. The Morgan fingerprint density at radius 2 is 2.00 bits per heavy atom. The molecule has 0 atom stereocenters. The lowest BCUT2D eigenvalue weighted by atomic mass is 10.3. The summed E-state index contributed by atoms with van der Waals surface area (Å²) >= 11 is 7.80. The highest BCUT2D eigenvalue weighted by Crippen LogP contribution is 2.38. The Hall–Kier alpha value is -1.43. The van der Waals surface area contributed by atoms with Crippen LogP contribution in [0.2, 0.25) is 5.02 Å². The molecule has 0 radical (unpaired) electrons. The molecule has 1 aliphatic rings. The molecule has 2 aromatic rings. The maximum Gasteiger partial charge on any atom is 0.162 e. The van der Waals surface area contributed by atoms with Crippen molar-refractivity contribution >= 4 is 23.4 Å². The van der Waals surface area contributed by atoms with Crippen LogP contribution in [0.4, 0.5) is 0 Å². The van der Waals surface area contributed by atoms with E-state index in [-0.39, 0.29) is 0 Å². The quantitative estimate of drug-likeness (QED) is 0.937. The number of aromatic nitrogens is 1. The van der Waals surface area contributed by atoms with Crippen LogP contribution < -0.4 is 15.2 Å². The Morgan fingerprint density at radius 1 is 1.19 bits per heavy atom. The summed E-state index contributed by atoms with van der Waals surface area (Å²) < 4.78 is 11.3. The fraction of sp³-hybridized carbons (Fsp3) is 0.267. The molecule has 2 heterocycles. The molecule has 3 rings (SSSR count). The molecule has 6 heteroatoms. The predicted molar refractivity (Wildman–Crippen MR) is 83.3 cm³/mol. The molecule has 0 unspecified atom stereocenters. The van der Waals surface area contributed by atoms with Gasteiger partial charge in [-0.05, 0) is 29.8 Å². The average molecular weight is 323 g/mol. The minimum absolute atomic E-state index is 0.399.